The number of phosphoric acid groups is 2. The summed E-state index contributed by atoms with van der Waals surface area (Å²) in [7, 11) is -16.4. The average molecular weight is 572 g/mol. The summed E-state index contributed by atoms with van der Waals surface area (Å²) in [5.74, 6) is -0.806. The molecule has 1 aromatic carbocycles. The minimum atomic E-state index is -5.68. The molecule has 0 bridgehead atoms. The number of esters is 1. The molecule has 2 heterocycles. The molecule has 1 aliphatic heterocycles. The number of nitrogens with zero attached hydrogens (tertiary/aromatic N) is 1. The monoisotopic (exact) mass is 572 g/mol. The molecule has 0 aliphatic carbocycles. The lowest BCUT2D eigenvalue weighted by molar-refractivity contribution is -0.147. The number of rotatable bonds is 10. The molecule has 1 saturated heterocycles. The van der Waals surface area contributed by atoms with E-state index in [4.69, 9.17) is 24.0 Å². The van der Waals surface area contributed by atoms with Crippen LogP contribution in [0.25, 0.3) is 0 Å². The maximum Gasteiger partial charge on any atom is 0.488 e. The SMILES string of the molecule is O=C(O[C@H]1C[C@@H](OCP(=O)(O)OP(=O)(O)OP(=O)(O)O)O[C@H]1n1ccc(=O)[nH]c1=O)c1ccccc1. The second-order valence-electron chi connectivity index (χ2n) is 7.07. The lowest BCUT2D eigenvalue weighted by Gasteiger charge is -2.20. The maximum atomic E-state index is 12.5. The molecule has 3 rings (SSSR count). The molecule has 1 aromatic heterocycles. The zero-order valence-electron chi connectivity index (χ0n) is 17.8. The van der Waals surface area contributed by atoms with Crippen molar-refractivity contribution >= 4 is 29.2 Å². The first kappa shape index (κ1) is 28.3. The summed E-state index contributed by atoms with van der Waals surface area (Å²) in [6.07, 6.45) is -4.63. The summed E-state index contributed by atoms with van der Waals surface area (Å²) in [5.41, 5.74) is -1.49. The van der Waals surface area contributed by atoms with Gasteiger partial charge >= 0.3 is 34.9 Å². The molecule has 0 amide bonds. The number of H-pyrrole nitrogens is 1. The van der Waals surface area contributed by atoms with Crippen molar-refractivity contribution in [3.05, 3.63) is 69.0 Å². The Morgan fingerprint density at radius 2 is 1.72 bits per heavy atom. The maximum absolute atomic E-state index is 12.5. The Balaban J connectivity index is 1.75. The summed E-state index contributed by atoms with van der Waals surface area (Å²) in [5, 5.41) is 0. The van der Waals surface area contributed by atoms with Gasteiger partial charge in [-0.15, -0.1) is 0 Å². The Bertz CT molecular complexity index is 1350. The predicted octanol–water partition coefficient (Wildman–Crippen LogP) is 0.393. The van der Waals surface area contributed by atoms with Gasteiger partial charge in [-0.2, -0.15) is 4.31 Å². The summed E-state index contributed by atoms with van der Waals surface area (Å²) >= 11 is 0. The van der Waals surface area contributed by atoms with Gasteiger partial charge in [0, 0.05) is 18.7 Å². The molecule has 2 unspecified atom stereocenters. The van der Waals surface area contributed by atoms with Gasteiger partial charge in [-0.25, -0.2) is 23.0 Å². The first-order valence-electron chi connectivity index (χ1n) is 9.61. The van der Waals surface area contributed by atoms with Crippen LogP contribution in [-0.4, -0.2) is 53.8 Å². The van der Waals surface area contributed by atoms with Crippen LogP contribution in [0, 0.1) is 0 Å². The number of carbonyl (C=O) groups excluding carboxylic acids is 1. The van der Waals surface area contributed by atoms with Gasteiger partial charge in [0.1, 0.15) is 0 Å². The Hall–Kier alpha value is -2.26. The number of carbonyl (C=O) groups is 1. The topological polar surface area (TPSA) is 250 Å². The number of ether oxygens (including phenoxy) is 3. The van der Waals surface area contributed by atoms with Gasteiger partial charge in [0.15, 0.2) is 25.0 Å². The third-order valence-electron chi connectivity index (χ3n) is 4.29. The Morgan fingerprint density at radius 1 is 1.06 bits per heavy atom. The minimum Gasteiger partial charge on any atom is -0.454 e. The summed E-state index contributed by atoms with van der Waals surface area (Å²) in [6, 6.07) is 8.72. The molecule has 1 aliphatic rings. The fraction of sp³-hybridized carbons (Fsp3) is 0.312. The molecule has 20 heteroatoms. The van der Waals surface area contributed by atoms with Gasteiger partial charge in [-0.05, 0) is 12.1 Å². The first-order chi connectivity index (χ1) is 16.6. The number of benzene rings is 1. The van der Waals surface area contributed by atoms with Crippen molar-refractivity contribution in [1.29, 1.82) is 0 Å². The molecule has 0 spiro atoms. The van der Waals surface area contributed by atoms with Crippen LogP contribution in [0.5, 0.6) is 0 Å². The van der Waals surface area contributed by atoms with E-state index in [0.29, 0.717) is 0 Å². The molecule has 36 heavy (non-hydrogen) atoms. The molecule has 5 atom stereocenters. The number of aromatic amines is 1. The normalized spacial score (nSPS) is 23.5. The Morgan fingerprint density at radius 3 is 2.33 bits per heavy atom. The Kier molecular flexibility index (Phi) is 8.66. The lowest BCUT2D eigenvalue weighted by Crippen LogP contribution is -2.36. The van der Waals surface area contributed by atoms with E-state index in [0.717, 1.165) is 16.8 Å². The van der Waals surface area contributed by atoms with Crippen LogP contribution in [0.2, 0.25) is 0 Å². The van der Waals surface area contributed by atoms with E-state index < -0.39 is 65.4 Å². The van der Waals surface area contributed by atoms with Crippen molar-refractivity contribution in [2.45, 2.75) is 25.0 Å². The number of nitrogens with one attached hydrogen (secondary N) is 1. The van der Waals surface area contributed by atoms with Crippen molar-refractivity contribution < 1.29 is 60.9 Å². The minimum absolute atomic E-state index is 0.159. The first-order valence-corrected chi connectivity index (χ1v) is 14.4. The van der Waals surface area contributed by atoms with Gasteiger partial charge < -0.3 is 33.8 Å². The molecule has 0 saturated carbocycles. The molecular formula is C16H19N2O15P3. The second kappa shape index (κ2) is 11.0. The highest BCUT2D eigenvalue weighted by molar-refractivity contribution is 7.68. The van der Waals surface area contributed by atoms with Crippen LogP contribution in [0.1, 0.15) is 23.0 Å². The number of hydrogen-bond donors (Lipinski definition) is 5. The van der Waals surface area contributed by atoms with E-state index >= 15 is 0 Å². The van der Waals surface area contributed by atoms with Crippen LogP contribution in [0.3, 0.4) is 0 Å². The van der Waals surface area contributed by atoms with Crippen molar-refractivity contribution in [3.63, 3.8) is 0 Å². The molecule has 0 radical (unpaired) electrons. The van der Waals surface area contributed by atoms with Crippen molar-refractivity contribution in [2.24, 2.45) is 0 Å². The summed E-state index contributed by atoms with van der Waals surface area (Å²) in [6.45, 7) is 0. The van der Waals surface area contributed by atoms with Gasteiger partial charge in [-0.3, -0.25) is 18.9 Å². The highest BCUT2D eigenvalue weighted by atomic mass is 31.3. The van der Waals surface area contributed by atoms with Crippen molar-refractivity contribution in [3.8, 4) is 0 Å². The van der Waals surface area contributed by atoms with Gasteiger partial charge in [0.25, 0.3) is 5.56 Å². The van der Waals surface area contributed by atoms with Gasteiger partial charge in [-0.1, -0.05) is 18.2 Å². The zero-order chi connectivity index (χ0) is 26.7. The van der Waals surface area contributed by atoms with Gasteiger partial charge in [0.2, 0.25) is 0 Å². The van der Waals surface area contributed by atoms with E-state index in [-0.39, 0.29) is 12.0 Å². The summed E-state index contributed by atoms with van der Waals surface area (Å²) < 4.78 is 58.4. The fourth-order valence-electron chi connectivity index (χ4n) is 2.98. The van der Waals surface area contributed by atoms with Crippen LogP contribution >= 0.6 is 23.2 Å². The van der Waals surface area contributed by atoms with Crippen molar-refractivity contribution in [1.82, 2.24) is 9.55 Å². The third kappa shape index (κ3) is 8.13. The lowest BCUT2D eigenvalue weighted by atomic mass is 10.2. The summed E-state index contributed by atoms with van der Waals surface area (Å²) in [4.78, 5) is 74.2. The third-order valence-corrected chi connectivity index (χ3v) is 8.29. The molecule has 198 valence electrons. The zero-order valence-corrected chi connectivity index (χ0v) is 20.4. The fourth-order valence-corrected chi connectivity index (χ4v) is 6.28. The van der Waals surface area contributed by atoms with E-state index in [1.54, 1.807) is 18.2 Å². The molecule has 17 nitrogen and oxygen atoms in total. The van der Waals surface area contributed by atoms with Crippen LogP contribution in [0.15, 0.2) is 52.2 Å². The average Bonchev–Trinajstić information content (AvgIpc) is 3.13. The highest BCUT2D eigenvalue weighted by Gasteiger charge is 2.43. The highest BCUT2D eigenvalue weighted by Crippen LogP contribution is 2.66. The molecular weight excluding hydrogens is 553 g/mol. The van der Waals surface area contributed by atoms with E-state index in [1.807, 2.05) is 4.98 Å². The smallest absolute Gasteiger partial charge is 0.454 e. The quantitative estimate of drug-likeness (QED) is 0.191. The molecule has 2 aromatic rings. The van der Waals surface area contributed by atoms with Crippen LogP contribution < -0.4 is 11.2 Å². The van der Waals surface area contributed by atoms with Gasteiger partial charge in [0.05, 0.1) is 5.56 Å². The van der Waals surface area contributed by atoms with E-state index in [2.05, 4.69) is 8.62 Å². The molecule has 1 fully saturated rings. The largest absolute Gasteiger partial charge is 0.488 e. The Labute approximate surface area is 200 Å². The van der Waals surface area contributed by atoms with Crippen LogP contribution in [-0.2, 0) is 36.5 Å². The number of aromatic nitrogens is 2. The van der Waals surface area contributed by atoms with E-state index in [1.165, 1.54) is 12.1 Å². The molecule has 5 N–H and O–H groups in total. The van der Waals surface area contributed by atoms with E-state index in [9.17, 15) is 37.9 Å². The predicted molar refractivity (Wildman–Crippen MR) is 115 cm³/mol. The number of hydrogen-bond acceptors (Lipinski definition) is 11. The van der Waals surface area contributed by atoms with Crippen LogP contribution in [0.4, 0.5) is 0 Å². The standard InChI is InChI=1S/C16H19N2O15P3/c19-12-6-7-18(16(21)17-12)14-11(30-15(20)10-4-2-1-3-5-10)8-13(31-14)29-9-34(22,23)32-36(27,28)33-35(24,25)26/h1-7,11,13-14H,8-9H2,(H,22,23)(H,27,28)(H,17,19,21)(H2,24,25,26)/t11-,13-,14+/m0/s1. The second-order valence-corrected chi connectivity index (χ2v) is 11.8. The van der Waals surface area contributed by atoms with Crippen molar-refractivity contribution in [2.75, 3.05) is 6.35 Å².